The molecule has 0 spiro atoms. The minimum Gasteiger partial charge on any atom is -0.467 e. The van der Waals surface area contributed by atoms with E-state index >= 15 is 0 Å². The number of hydrogen-bond acceptors (Lipinski definition) is 4. The van der Waals surface area contributed by atoms with Crippen LogP contribution in [0.15, 0.2) is 12.2 Å². The van der Waals surface area contributed by atoms with E-state index in [9.17, 15) is 14.4 Å². The molecule has 236 valence electrons. The Balaban J connectivity index is 1.51. The molecule has 0 aliphatic heterocycles. The zero-order valence-electron chi connectivity index (χ0n) is 28.2. The summed E-state index contributed by atoms with van der Waals surface area (Å²) in [5.41, 5.74) is 0.991. The summed E-state index contributed by atoms with van der Waals surface area (Å²) in [7, 11) is 1.42. The van der Waals surface area contributed by atoms with Crippen molar-refractivity contribution in [2.24, 2.45) is 62.6 Å². The van der Waals surface area contributed by atoms with Crippen molar-refractivity contribution in [3.63, 3.8) is 0 Å². The number of amides is 1. The highest BCUT2D eigenvalue weighted by molar-refractivity contribution is 5.89. The van der Waals surface area contributed by atoms with Gasteiger partial charge < -0.3 is 10.1 Å². The number of nitrogens with one attached hydrogen (secondary N) is 1. The summed E-state index contributed by atoms with van der Waals surface area (Å²) in [6.07, 6.45) is 10.8. The zero-order valence-corrected chi connectivity index (χ0v) is 28.2. The van der Waals surface area contributed by atoms with Gasteiger partial charge in [0.25, 0.3) is 0 Å². The summed E-state index contributed by atoms with van der Waals surface area (Å²) in [4.78, 5) is 40.3. The molecule has 1 amide bonds. The van der Waals surface area contributed by atoms with Gasteiger partial charge in [-0.3, -0.25) is 9.59 Å². The van der Waals surface area contributed by atoms with Crippen molar-refractivity contribution in [1.82, 2.24) is 5.32 Å². The second-order valence-corrected chi connectivity index (χ2v) is 17.2. The Morgan fingerprint density at radius 2 is 1.62 bits per heavy atom. The summed E-state index contributed by atoms with van der Waals surface area (Å²) in [5, 5.41) is 3.25. The first-order valence-electron chi connectivity index (χ1n) is 17.1. The maximum absolute atomic E-state index is 14.5. The minimum atomic E-state index is -0.601. The Kier molecular flexibility index (Phi) is 7.92. The van der Waals surface area contributed by atoms with Crippen molar-refractivity contribution < 1.29 is 19.1 Å². The number of ether oxygens (including phenoxy) is 1. The van der Waals surface area contributed by atoms with Crippen LogP contribution in [0.1, 0.15) is 126 Å². The second-order valence-electron chi connectivity index (χ2n) is 17.2. The van der Waals surface area contributed by atoms with Crippen LogP contribution in [0.2, 0.25) is 0 Å². The smallest absolute Gasteiger partial charge is 0.328 e. The molecule has 5 rings (SSSR count). The van der Waals surface area contributed by atoms with E-state index in [1.54, 1.807) is 0 Å². The number of hydrogen-bond donors (Lipinski definition) is 1. The number of methoxy groups -OCH3 is 1. The van der Waals surface area contributed by atoms with E-state index in [1.807, 2.05) is 0 Å². The van der Waals surface area contributed by atoms with Gasteiger partial charge in [0.2, 0.25) is 5.91 Å². The number of carbonyl (C=O) groups is 3. The highest BCUT2D eigenvalue weighted by atomic mass is 16.5. The van der Waals surface area contributed by atoms with Crippen LogP contribution in [0.25, 0.3) is 0 Å². The maximum atomic E-state index is 14.5. The van der Waals surface area contributed by atoms with Gasteiger partial charge in [-0.1, -0.05) is 60.6 Å². The molecule has 0 aromatic rings. The van der Waals surface area contributed by atoms with E-state index in [4.69, 9.17) is 4.74 Å². The van der Waals surface area contributed by atoms with Crippen molar-refractivity contribution in [2.45, 2.75) is 132 Å². The molecule has 5 heteroatoms. The molecular formula is C37H59NO4. The highest BCUT2D eigenvalue weighted by Gasteiger charge is 2.72. The fourth-order valence-corrected chi connectivity index (χ4v) is 12.5. The molecule has 5 aliphatic rings. The van der Waals surface area contributed by atoms with Gasteiger partial charge in [0.15, 0.2) is 0 Å². The number of esters is 1. The van der Waals surface area contributed by atoms with Crippen LogP contribution < -0.4 is 5.32 Å². The molecule has 0 saturated heterocycles. The molecule has 0 aromatic carbocycles. The van der Waals surface area contributed by atoms with Crippen LogP contribution >= 0.6 is 0 Å². The molecule has 10 atom stereocenters. The van der Waals surface area contributed by atoms with E-state index in [0.29, 0.717) is 42.3 Å². The summed E-state index contributed by atoms with van der Waals surface area (Å²) < 4.78 is 5.13. The van der Waals surface area contributed by atoms with Gasteiger partial charge in [-0.25, -0.2) is 4.79 Å². The molecule has 1 N–H and O–H groups in total. The summed E-state index contributed by atoms with van der Waals surface area (Å²) >= 11 is 0. The van der Waals surface area contributed by atoms with Gasteiger partial charge in [0.05, 0.1) is 12.5 Å². The number of Topliss-reactive ketones (excluding diaryl/α,β-unsaturated/α-hetero) is 1. The number of ketones is 1. The topological polar surface area (TPSA) is 72.5 Å². The minimum absolute atomic E-state index is 0.0739. The maximum Gasteiger partial charge on any atom is 0.328 e. The first-order valence-corrected chi connectivity index (χ1v) is 17.1. The average molecular weight is 582 g/mol. The SMILES string of the molecule is C=C(C)[C@@H]1CC[C@]2(C(=O)N[C@@H](CC(C)C)C(=O)OC)CC[C@]3(C)[C@H](CC[C@@H]4[C@@]5(C)CCC(=O)C(C)(C)[C@@H]5CC[C@]43C)[C@@H]12. The summed E-state index contributed by atoms with van der Waals surface area (Å²) in [6.45, 7) is 23.0. The van der Waals surface area contributed by atoms with Gasteiger partial charge in [-0.2, -0.15) is 0 Å². The third-order valence-electron chi connectivity index (χ3n) is 14.8. The first-order chi connectivity index (χ1) is 19.5. The standard InChI is InChI=1S/C37H59NO4/c1-22(2)21-26(31(40)42-10)38-32(41)37-18-13-24(23(3)4)30(37)25-11-12-28-34(7)16-15-29(39)33(5,6)27(34)14-17-36(28,9)35(25,8)19-20-37/h22,24-28,30H,3,11-21H2,1-2,4-10H3,(H,38,41)/t24-,25+,26-,27-,28+,30+,34-,35+,36+,37-/m0/s1. The molecule has 5 nitrogen and oxygen atoms in total. The molecular weight excluding hydrogens is 522 g/mol. The van der Waals surface area contributed by atoms with E-state index in [2.05, 4.69) is 67.3 Å². The van der Waals surface area contributed by atoms with Gasteiger partial charge in [-0.15, -0.1) is 0 Å². The second kappa shape index (κ2) is 10.5. The molecule has 5 aliphatic carbocycles. The fourth-order valence-electron chi connectivity index (χ4n) is 12.5. The number of fused-ring (bicyclic) bond motifs is 7. The van der Waals surface area contributed by atoms with Gasteiger partial charge in [-0.05, 0) is 123 Å². The van der Waals surface area contributed by atoms with Gasteiger partial charge >= 0.3 is 5.97 Å². The predicted octanol–water partition coefficient (Wildman–Crippen LogP) is 7.92. The number of allylic oxidation sites excluding steroid dienone is 1. The van der Waals surface area contributed by atoms with Crippen LogP contribution in [0, 0.1) is 62.6 Å². The average Bonchev–Trinajstić information content (AvgIpc) is 3.32. The monoisotopic (exact) mass is 581 g/mol. The van der Waals surface area contributed by atoms with Crippen molar-refractivity contribution >= 4 is 17.7 Å². The van der Waals surface area contributed by atoms with E-state index < -0.39 is 11.5 Å². The van der Waals surface area contributed by atoms with Crippen molar-refractivity contribution in [3.05, 3.63) is 12.2 Å². The lowest BCUT2D eigenvalue weighted by Crippen LogP contribution is -2.67. The lowest BCUT2D eigenvalue weighted by Gasteiger charge is -2.72. The van der Waals surface area contributed by atoms with Gasteiger partial charge in [0.1, 0.15) is 11.8 Å². The molecule has 42 heavy (non-hydrogen) atoms. The quantitative estimate of drug-likeness (QED) is 0.255. The Labute approximate surface area is 255 Å². The van der Waals surface area contributed by atoms with Crippen molar-refractivity contribution in [3.8, 4) is 0 Å². The number of rotatable bonds is 6. The molecule has 0 bridgehead atoms. The van der Waals surface area contributed by atoms with Crippen LogP contribution in [0.3, 0.4) is 0 Å². The Morgan fingerprint density at radius 1 is 0.929 bits per heavy atom. The molecule has 5 fully saturated rings. The Bertz CT molecular complexity index is 1140. The fraction of sp³-hybridized carbons (Fsp3) is 0.865. The van der Waals surface area contributed by atoms with Gasteiger partial charge in [0, 0.05) is 11.8 Å². The lowest BCUT2D eigenvalue weighted by molar-refractivity contribution is -0.233. The van der Waals surface area contributed by atoms with Crippen LogP contribution in [0.4, 0.5) is 0 Å². The summed E-state index contributed by atoms with van der Waals surface area (Å²) in [5.74, 6) is 2.54. The number of carbonyl (C=O) groups excluding carboxylic acids is 3. The Morgan fingerprint density at radius 3 is 2.24 bits per heavy atom. The van der Waals surface area contributed by atoms with Crippen LogP contribution in [-0.4, -0.2) is 30.8 Å². The third-order valence-corrected chi connectivity index (χ3v) is 14.8. The zero-order chi connectivity index (χ0) is 31.0. The van der Waals surface area contributed by atoms with Crippen molar-refractivity contribution in [1.29, 1.82) is 0 Å². The predicted molar refractivity (Wildman–Crippen MR) is 167 cm³/mol. The van der Waals surface area contributed by atoms with E-state index in [1.165, 1.54) is 25.5 Å². The summed E-state index contributed by atoms with van der Waals surface area (Å²) in [6, 6.07) is -0.601. The van der Waals surface area contributed by atoms with Crippen LogP contribution in [0.5, 0.6) is 0 Å². The molecule has 0 unspecified atom stereocenters. The third kappa shape index (κ3) is 4.31. The first kappa shape index (κ1) is 31.8. The van der Waals surface area contributed by atoms with Crippen LogP contribution in [-0.2, 0) is 19.1 Å². The molecule has 5 saturated carbocycles. The van der Waals surface area contributed by atoms with E-state index in [-0.39, 0.29) is 45.4 Å². The molecule has 0 radical (unpaired) electrons. The van der Waals surface area contributed by atoms with Crippen molar-refractivity contribution in [2.75, 3.05) is 7.11 Å². The highest BCUT2D eigenvalue weighted by Crippen LogP contribution is 2.77. The molecule has 0 heterocycles. The Hall–Kier alpha value is -1.65. The lowest BCUT2D eigenvalue weighted by atomic mass is 9.32. The largest absolute Gasteiger partial charge is 0.467 e. The normalized spacial score (nSPS) is 44.7. The van der Waals surface area contributed by atoms with E-state index in [0.717, 1.165) is 44.9 Å². The molecule has 0 aromatic heterocycles.